The number of anilines is 1. The standard InChI is InChI=1S/C29H20ClN3O4/c1-18-5-4-6-23(13-18)37-24-15-21(14-22(16-24)33(35)36)31-29(34)26-17-28(19-9-11-20(30)12-10-19)32-27-8-3-2-7-25(26)27/h2-17H,1H3,(H,31,34). The van der Waals surface area contributed by atoms with Crippen LogP contribution in [0.3, 0.4) is 0 Å². The van der Waals surface area contributed by atoms with E-state index in [-0.39, 0.29) is 17.1 Å². The molecular formula is C29H20ClN3O4. The second-order valence-electron chi connectivity index (χ2n) is 8.42. The zero-order chi connectivity index (χ0) is 25.9. The van der Waals surface area contributed by atoms with Crippen LogP contribution in [-0.2, 0) is 0 Å². The average Bonchev–Trinajstić information content (AvgIpc) is 2.88. The predicted molar refractivity (Wildman–Crippen MR) is 144 cm³/mol. The molecule has 8 heteroatoms. The van der Waals surface area contributed by atoms with Crippen molar-refractivity contribution in [3.8, 4) is 22.8 Å². The fraction of sp³-hybridized carbons (Fsp3) is 0.0345. The molecule has 7 nitrogen and oxygen atoms in total. The summed E-state index contributed by atoms with van der Waals surface area (Å²) in [7, 11) is 0. The number of ether oxygens (including phenoxy) is 1. The molecule has 0 spiro atoms. The maximum atomic E-state index is 13.5. The second-order valence-corrected chi connectivity index (χ2v) is 8.86. The van der Waals surface area contributed by atoms with Gasteiger partial charge in [0.15, 0.2) is 0 Å². The number of amides is 1. The second kappa shape index (κ2) is 10.1. The number of hydrogen-bond acceptors (Lipinski definition) is 5. The smallest absolute Gasteiger partial charge is 0.275 e. The van der Waals surface area contributed by atoms with E-state index in [1.54, 1.807) is 30.3 Å². The van der Waals surface area contributed by atoms with E-state index >= 15 is 0 Å². The molecule has 5 rings (SSSR count). The lowest BCUT2D eigenvalue weighted by Gasteiger charge is -2.12. The Balaban J connectivity index is 1.52. The molecule has 1 amide bonds. The SMILES string of the molecule is Cc1cccc(Oc2cc(NC(=O)c3cc(-c4ccc(Cl)cc4)nc4ccccc34)cc([N+](=O)[O-])c2)c1. The Morgan fingerprint density at radius 2 is 1.70 bits per heavy atom. The third-order valence-electron chi connectivity index (χ3n) is 5.69. The quantitative estimate of drug-likeness (QED) is 0.186. The van der Waals surface area contributed by atoms with Crippen LogP contribution in [0.4, 0.5) is 11.4 Å². The van der Waals surface area contributed by atoms with Crippen molar-refractivity contribution in [1.29, 1.82) is 0 Å². The monoisotopic (exact) mass is 509 g/mol. The number of hydrogen-bond donors (Lipinski definition) is 1. The number of non-ortho nitro benzene ring substituents is 1. The average molecular weight is 510 g/mol. The Labute approximate surface area is 217 Å². The first-order valence-electron chi connectivity index (χ1n) is 11.4. The number of aryl methyl sites for hydroxylation is 1. The van der Waals surface area contributed by atoms with Gasteiger partial charge in [-0.1, -0.05) is 54.1 Å². The van der Waals surface area contributed by atoms with Crippen LogP contribution in [0.2, 0.25) is 5.02 Å². The lowest BCUT2D eigenvalue weighted by Crippen LogP contribution is -2.13. The highest BCUT2D eigenvalue weighted by atomic mass is 35.5. The highest BCUT2D eigenvalue weighted by molar-refractivity contribution is 6.30. The molecule has 1 heterocycles. The van der Waals surface area contributed by atoms with Crippen molar-refractivity contribution in [2.75, 3.05) is 5.32 Å². The molecule has 0 radical (unpaired) electrons. The van der Waals surface area contributed by atoms with Crippen LogP contribution in [0.5, 0.6) is 11.5 Å². The molecule has 37 heavy (non-hydrogen) atoms. The molecule has 0 saturated carbocycles. The highest BCUT2D eigenvalue weighted by Crippen LogP contribution is 2.31. The molecule has 0 aliphatic rings. The van der Waals surface area contributed by atoms with E-state index in [9.17, 15) is 14.9 Å². The van der Waals surface area contributed by atoms with Gasteiger partial charge in [-0.15, -0.1) is 0 Å². The van der Waals surface area contributed by atoms with Crippen molar-refractivity contribution < 1.29 is 14.5 Å². The van der Waals surface area contributed by atoms with Crippen molar-refractivity contribution in [2.24, 2.45) is 0 Å². The minimum atomic E-state index is -0.529. The lowest BCUT2D eigenvalue weighted by molar-refractivity contribution is -0.384. The van der Waals surface area contributed by atoms with Gasteiger partial charge in [-0.2, -0.15) is 0 Å². The fourth-order valence-corrected chi connectivity index (χ4v) is 4.09. The zero-order valence-corrected chi connectivity index (χ0v) is 20.4. The molecule has 5 aromatic rings. The first-order chi connectivity index (χ1) is 17.9. The minimum absolute atomic E-state index is 0.207. The molecule has 0 bridgehead atoms. The van der Waals surface area contributed by atoms with Crippen molar-refractivity contribution in [2.45, 2.75) is 6.92 Å². The van der Waals surface area contributed by atoms with Crippen LogP contribution in [-0.4, -0.2) is 15.8 Å². The topological polar surface area (TPSA) is 94.4 Å². The molecule has 0 saturated heterocycles. The van der Waals surface area contributed by atoms with Gasteiger partial charge in [0, 0.05) is 28.1 Å². The van der Waals surface area contributed by atoms with Crippen molar-refractivity contribution in [1.82, 2.24) is 4.98 Å². The number of fused-ring (bicyclic) bond motifs is 1. The van der Waals surface area contributed by atoms with Gasteiger partial charge >= 0.3 is 0 Å². The molecule has 4 aromatic carbocycles. The van der Waals surface area contributed by atoms with Crippen molar-refractivity contribution in [3.05, 3.63) is 123 Å². The van der Waals surface area contributed by atoms with Crippen LogP contribution in [0.25, 0.3) is 22.2 Å². The normalized spacial score (nSPS) is 10.8. The Bertz CT molecular complexity index is 1650. The number of aromatic nitrogens is 1. The Hall–Kier alpha value is -4.75. The molecular weight excluding hydrogens is 490 g/mol. The van der Waals surface area contributed by atoms with Crippen LogP contribution < -0.4 is 10.1 Å². The van der Waals surface area contributed by atoms with E-state index in [0.717, 1.165) is 11.1 Å². The summed E-state index contributed by atoms with van der Waals surface area (Å²) in [5.41, 5.74) is 3.43. The number of nitrogens with one attached hydrogen (secondary N) is 1. The summed E-state index contributed by atoms with van der Waals surface area (Å²) in [5.74, 6) is 0.331. The van der Waals surface area contributed by atoms with Crippen LogP contribution in [0.15, 0.2) is 97.1 Å². The van der Waals surface area contributed by atoms with Gasteiger partial charge in [-0.25, -0.2) is 4.98 Å². The number of benzene rings is 4. The number of carbonyl (C=O) groups excluding carboxylic acids is 1. The Morgan fingerprint density at radius 3 is 2.46 bits per heavy atom. The highest BCUT2D eigenvalue weighted by Gasteiger charge is 2.17. The van der Waals surface area contributed by atoms with Gasteiger partial charge in [0.25, 0.3) is 11.6 Å². The summed E-state index contributed by atoms with van der Waals surface area (Å²) in [6.07, 6.45) is 0. The van der Waals surface area contributed by atoms with Gasteiger partial charge in [0.05, 0.1) is 33.5 Å². The predicted octanol–water partition coefficient (Wildman–Crippen LogP) is 7.82. The van der Waals surface area contributed by atoms with Crippen molar-refractivity contribution in [3.63, 3.8) is 0 Å². The lowest BCUT2D eigenvalue weighted by atomic mass is 10.0. The van der Waals surface area contributed by atoms with Crippen LogP contribution in [0.1, 0.15) is 15.9 Å². The number of nitrogens with zero attached hydrogens (tertiary/aromatic N) is 2. The molecule has 0 fully saturated rings. The van der Waals surface area contributed by atoms with E-state index < -0.39 is 10.8 Å². The molecule has 0 aliphatic carbocycles. The van der Waals surface area contributed by atoms with Gasteiger partial charge in [-0.05, 0) is 48.9 Å². The summed E-state index contributed by atoms with van der Waals surface area (Å²) < 4.78 is 5.86. The Kier molecular flexibility index (Phi) is 6.53. The molecule has 182 valence electrons. The number of nitro benzene ring substituents is 1. The van der Waals surface area contributed by atoms with E-state index in [0.29, 0.717) is 32.9 Å². The summed E-state index contributed by atoms with van der Waals surface area (Å²) in [6, 6.07) is 27.7. The fourth-order valence-electron chi connectivity index (χ4n) is 3.96. The molecule has 0 aliphatic heterocycles. The number of halogens is 1. The molecule has 1 aromatic heterocycles. The summed E-state index contributed by atoms with van der Waals surface area (Å²) in [6.45, 7) is 1.92. The van der Waals surface area contributed by atoms with Crippen LogP contribution in [0, 0.1) is 17.0 Å². The number of nitro groups is 1. The van der Waals surface area contributed by atoms with E-state index in [1.165, 1.54) is 12.1 Å². The number of rotatable bonds is 6. The van der Waals surface area contributed by atoms with Gasteiger partial charge in [0.2, 0.25) is 0 Å². The van der Waals surface area contributed by atoms with Gasteiger partial charge in [-0.3, -0.25) is 14.9 Å². The number of carbonyl (C=O) groups is 1. The number of pyridine rings is 1. The Morgan fingerprint density at radius 1 is 0.919 bits per heavy atom. The van der Waals surface area contributed by atoms with E-state index in [1.807, 2.05) is 61.5 Å². The van der Waals surface area contributed by atoms with Crippen molar-refractivity contribution >= 4 is 39.8 Å². The maximum Gasteiger partial charge on any atom is 0.275 e. The maximum absolute atomic E-state index is 13.5. The van der Waals surface area contributed by atoms with E-state index in [4.69, 9.17) is 21.3 Å². The zero-order valence-electron chi connectivity index (χ0n) is 19.6. The van der Waals surface area contributed by atoms with E-state index in [2.05, 4.69) is 5.32 Å². The third-order valence-corrected chi connectivity index (χ3v) is 5.94. The molecule has 0 unspecified atom stereocenters. The molecule has 0 atom stereocenters. The first-order valence-corrected chi connectivity index (χ1v) is 11.7. The minimum Gasteiger partial charge on any atom is -0.457 e. The van der Waals surface area contributed by atoms with Gasteiger partial charge < -0.3 is 10.1 Å². The first kappa shape index (κ1) is 24.0. The summed E-state index contributed by atoms with van der Waals surface area (Å²) in [4.78, 5) is 29.2. The summed E-state index contributed by atoms with van der Waals surface area (Å²) in [5, 5.41) is 15.6. The largest absolute Gasteiger partial charge is 0.457 e. The number of para-hydroxylation sites is 1. The third kappa shape index (κ3) is 5.42. The molecule has 1 N–H and O–H groups in total. The van der Waals surface area contributed by atoms with Gasteiger partial charge in [0.1, 0.15) is 11.5 Å². The summed E-state index contributed by atoms with van der Waals surface area (Å²) >= 11 is 6.03. The van der Waals surface area contributed by atoms with Crippen LogP contribution >= 0.6 is 11.6 Å².